The molecule has 0 unspecified atom stereocenters. The molecule has 0 bridgehead atoms. The molecule has 2 rings (SSSR count). The van der Waals surface area contributed by atoms with Crippen molar-refractivity contribution in [2.24, 2.45) is 0 Å². The lowest BCUT2D eigenvalue weighted by atomic mass is 10.2. The van der Waals surface area contributed by atoms with Gasteiger partial charge in [0.15, 0.2) is 0 Å². The fraction of sp³-hybridized carbons (Fsp3) is 0.538. The van der Waals surface area contributed by atoms with Crippen LogP contribution in [0.15, 0.2) is 0 Å². The molecule has 110 valence electrons. The maximum absolute atomic E-state index is 12.1. The van der Waals surface area contributed by atoms with E-state index in [9.17, 15) is 9.59 Å². The summed E-state index contributed by atoms with van der Waals surface area (Å²) in [6.45, 7) is 3.89. The highest BCUT2D eigenvalue weighted by Gasteiger charge is 2.29. The van der Waals surface area contributed by atoms with Crippen molar-refractivity contribution in [3.05, 3.63) is 10.4 Å². The van der Waals surface area contributed by atoms with Crippen molar-refractivity contribution in [3.63, 3.8) is 0 Å². The third-order valence-corrected chi connectivity index (χ3v) is 4.01. The molecule has 0 atom stereocenters. The number of methoxy groups -OCH3 is 1. The number of nitrogens with two attached hydrogens (primary N) is 1. The predicted molar refractivity (Wildman–Crippen MR) is 79.3 cm³/mol. The third-order valence-electron chi connectivity index (χ3n) is 2.87. The van der Waals surface area contributed by atoms with Gasteiger partial charge in [-0.15, -0.1) is 11.3 Å². The van der Waals surface area contributed by atoms with E-state index < -0.39 is 5.97 Å². The predicted octanol–water partition coefficient (Wildman–Crippen LogP) is 1.83. The van der Waals surface area contributed by atoms with Gasteiger partial charge in [0.25, 0.3) is 5.91 Å². The van der Waals surface area contributed by atoms with Crippen molar-refractivity contribution in [3.8, 4) is 0 Å². The molecule has 0 spiro atoms. The first-order valence-corrected chi connectivity index (χ1v) is 7.33. The highest BCUT2D eigenvalue weighted by molar-refractivity contribution is 7.19. The zero-order valence-corrected chi connectivity index (χ0v) is 12.6. The van der Waals surface area contributed by atoms with Gasteiger partial charge in [-0.2, -0.15) is 0 Å². The Hall–Kier alpha value is -1.76. The largest absolute Gasteiger partial charge is 0.465 e. The Kier molecular flexibility index (Phi) is 4.17. The first-order valence-electron chi connectivity index (χ1n) is 6.52. The highest BCUT2D eigenvalue weighted by atomic mass is 32.1. The summed E-state index contributed by atoms with van der Waals surface area (Å²) < 4.78 is 4.74. The Balaban J connectivity index is 2.34. The van der Waals surface area contributed by atoms with Crippen molar-refractivity contribution in [2.75, 3.05) is 18.2 Å². The minimum Gasteiger partial charge on any atom is -0.465 e. The van der Waals surface area contributed by atoms with E-state index in [2.05, 4.69) is 10.6 Å². The standard InChI is InChI=1S/C13H19N3O3S/c1-6(2)15-12-8(13(18)19-3)9(14)10(20-12)11(17)16-7-4-5-7/h6-7,15H,4-5,14H2,1-3H3,(H,16,17). The van der Waals surface area contributed by atoms with Gasteiger partial charge in [-0.05, 0) is 26.7 Å². The Morgan fingerprint density at radius 1 is 1.40 bits per heavy atom. The lowest BCUT2D eigenvalue weighted by Crippen LogP contribution is -2.25. The number of ether oxygens (including phenoxy) is 1. The second kappa shape index (κ2) is 5.70. The Morgan fingerprint density at radius 2 is 2.05 bits per heavy atom. The van der Waals surface area contributed by atoms with Crippen LogP contribution in [-0.2, 0) is 4.74 Å². The van der Waals surface area contributed by atoms with Crippen molar-refractivity contribution in [1.82, 2.24) is 5.32 Å². The van der Waals surface area contributed by atoms with Crippen molar-refractivity contribution in [1.29, 1.82) is 0 Å². The Labute approximate surface area is 121 Å². The average Bonchev–Trinajstić information content (AvgIpc) is 3.12. The van der Waals surface area contributed by atoms with Gasteiger partial charge in [0.1, 0.15) is 15.4 Å². The number of hydrogen-bond acceptors (Lipinski definition) is 6. The van der Waals surface area contributed by atoms with Crippen LogP contribution in [0.4, 0.5) is 10.7 Å². The molecule has 7 heteroatoms. The van der Waals surface area contributed by atoms with Crippen LogP contribution >= 0.6 is 11.3 Å². The van der Waals surface area contributed by atoms with Gasteiger partial charge < -0.3 is 21.1 Å². The first-order chi connectivity index (χ1) is 9.43. The summed E-state index contributed by atoms with van der Waals surface area (Å²) in [6, 6.07) is 0.364. The van der Waals surface area contributed by atoms with Gasteiger partial charge in [0, 0.05) is 12.1 Å². The molecule has 0 aromatic carbocycles. The number of nitrogens with one attached hydrogen (secondary N) is 2. The molecule has 1 aromatic rings. The first kappa shape index (κ1) is 14.6. The SMILES string of the molecule is COC(=O)c1c(NC(C)C)sc(C(=O)NC2CC2)c1N. The van der Waals surface area contributed by atoms with Gasteiger partial charge in [-0.1, -0.05) is 0 Å². The van der Waals surface area contributed by atoms with Crippen LogP contribution in [-0.4, -0.2) is 31.1 Å². The van der Waals surface area contributed by atoms with Gasteiger partial charge in [0.2, 0.25) is 0 Å². The Morgan fingerprint density at radius 3 is 2.55 bits per heavy atom. The summed E-state index contributed by atoms with van der Waals surface area (Å²) in [7, 11) is 1.29. The topological polar surface area (TPSA) is 93.4 Å². The fourth-order valence-electron chi connectivity index (χ4n) is 1.76. The van der Waals surface area contributed by atoms with E-state index in [0.29, 0.717) is 9.88 Å². The molecule has 0 aliphatic heterocycles. The quantitative estimate of drug-likeness (QED) is 0.721. The number of carbonyl (C=O) groups excluding carboxylic acids is 2. The fourth-order valence-corrected chi connectivity index (χ4v) is 2.92. The van der Waals surface area contributed by atoms with Gasteiger partial charge in [-0.3, -0.25) is 4.79 Å². The number of nitrogen functional groups attached to an aromatic ring is 1. The molecule has 1 saturated carbocycles. The minimum absolute atomic E-state index is 0.121. The van der Waals surface area contributed by atoms with Crippen LogP contribution in [0, 0.1) is 0 Å². The van der Waals surface area contributed by atoms with Crippen LogP contribution in [0.25, 0.3) is 0 Å². The summed E-state index contributed by atoms with van der Waals surface area (Å²) in [5, 5.41) is 6.58. The second-order valence-corrected chi connectivity index (χ2v) is 6.11. The molecule has 1 aliphatic rings. The van der Waals surface area contributed by atoms with E-state index >= 15 is 0 Å². The average molecular weight is 297 g/mol. The monoisotopic (exact) mass is 297 g/mol. The van der Waals surface area contributed by atoms with Crippen molar-refractivity contribution < 1.29 is 14.3 Å². The van der Waals surface area contributed by atoms with Crippen LogP contribution in [0.5, 0.6) is 0 Å². The molecule has 1 amide bonds. The van der Waals surface area contributed by atoms with Gasteiger partial charge in [-0.25, -0.2) is 4.79 Å². The van der Waals surface area contributed by atoms with Crippen LogP contribution < -0.4 is 16.4 Å². The van der Waals surface area contributed by atoms with Crippen molar-refractivity contribution >= 4 is 33.9 Å². The van der Waals surface area contributed by atoms with Crippen LogP contribution in [0.2, 0.25) is 0 Å². The highest BCUT2D eigenvalue weighted by Crippen LogP contribution is 2.37. The Bertz CT molecular complexity index is 535. The number of hydrogen-bond donors (Lipinski definition) is 3. The molecule has 4 N–H and O–H groups in total. The van der Waals surface area contributed by atoms with Gasteiger partial charge >= 0.3 is 5.97 Å². The molecule has 0 radical (unpaired) electrons. The molecule has 20 heavy (non-hydrogen) atoms. The van der Waals surface area contributed by atoms with Crippen molar-refractivity contribution in [2.45, 2.75) is 38.8 Å². The molecular formula is C13H19N3O3S. The maximum Gasteiger partial charge on any atom is 0.343 e. The summed E-state index contributed by atoms with van der Waals surface area (Å²) >= 11 is 1.19. The maximum atomic E-state index is 12.1. The van der Waals surface area contributed by atoms with E-state index in [-0.39, 0.29) is 29.2 Å². The summed E-state index contributed by atoms with van der Waals surface area (Å²) in [5.74, 6) is -0.760. The molecule has 1 fully saturated rings. The van der Waals surface area contributed by atoms with E-state index in [1.54, 1.807) is 0 Å². The third kappa shape index (κ3) is 3.04. The zero-order chi connectivity index (χ0) is 14.9. The molecule has 6 nitrogen and oxygen atoms in total. The number of carbonyl (C=O) groups is 2. The smallest absolute Gasteiger partial charge is 0.343 e. The van der Waals surface area contributed by atoms with E-state index in [1.807, 2.05) is 13.8 Å². The molecule has 1 heterocycles. The van der Waals surface area contributed by atoms with E-state index in [1.165, 1.54) is 18.4 Å². The van der Waals surface area contributed by atoms with Crippen LogP contribution in [0.1, 0.15) is 46.7 Å². The molecule has 0 saturated heterocycles. The number of thiophene rings is 1. The lowest BCUT2D eigenvalue weighted by molar-refractivity contribution is 0.0603. The number of anilines is 2. The van der Waals surface area contributed by atoms with Gasteiger partial charge in [0.05, 0.1) is 12.8 Å². The zero-order valence-electron chi connectivity index (χ0n) is 11.8. The van der Waals surface area contributed by atoms with Crippen LogP contribution in [0.3, 0.4) is 0 Å². The minimum atomic E-state index is -0.535. The molecule has 1 aromatic heterocycles. The summed E-state index contributed by atoms with van der Waals surface area (Å²) in [5.41, 5.74) is 6.39. The number of esters is 1. The molecule has 1 aliphatic carbocycles. The second-order valence-electron chi connectivity index (χ2n) is 5.09. The van der Waals surface area contributed by atoms with E-state index in [4.69, 9.17) is 10.5 Å². The number of rotatable bonds is 5. The normalized spacial score (nSPS) is 14.2. The van der Waals surface area contributed by atoms with E-state index in [0.717, 1.165) is 12.8 Å². The molecular weight excluding hydrogens is 278 g/mol. The number of amides is 1. The summed E-state index contributed by atoms with van der Waals surface area (Å²) in [6.07, 6.45) is 2.00. The summed E-state index contributed by atoms with van der Waals surface area (Å²) in [4.78, 5) is 24.3. The lowest BCUT2D eigenvalue weighted by Gasteiger charge is -2.09.